The normalized spacial score (nSPS) is 26.8. The zero-order valence-electron chi connectivity index (χ0n) is 9.51. The van der Waals surface area contributed by atoms with Crippen LogP contribution in [0.4, 0.5) is 0 Å². The first-order valence-corrected chi connectivity index (χ1v) is 5.55. The molecular formula is C12H19NO2. The fraction of sp³-hybridized carbons (Fsp3) is 0.667. The molecule has 0 bridgehead atoms. The van der Waals surface area contributed by atoms with Crippen LogP contribution in [-0.4, -0.2) is 25.8 Å². The highest BCUT2D eigenvalue weighted by atomic mass is 16.5. The smallest absolute Gasteiger partial charge is 0.107 e. The Hall–Kier alpha value is -0.800. The summed E-state index contributed by atoms with van der Waals surface area (Å²) in [6, 6.07) is 4.06. The maximum Gasteiger partial charge on any atom is 0.107 e. The SMILES string of the molecule is COC1(Cc2ccc(C)o2)CCCNC1. The maximum atomic E-state index is 5.67. The number of nitrogens with one attached hydrogen (secondary N) is 1. The summed E-state index contributed by atoms with van der Waals surface area (Å²) in [5.74, 6) is 2.00. The van der Waals surface area contributed by atoms with Crippen LogP contribution in [0.15, 0.2) is 16.5 Å². The van der Waals surface area contributed by atoms with Crippen molar-refractivity contribution in [3.63, 3.8) is 0 Å². The van der Waals surface area contributed by atoms with Crippen molar-refractivity contribution in [2.75, 3.05) is 20.2 Å². The van der Waals surface area contributed by atoms with Gasteiger partial charge in [-0.05, 0) is 38.4 Å². The summed E-state index contributed by atoms with van der Waals surface area (Å²) in [6.07, 6.45) is 3.15. The van der Waals surface area contributed by atoms with Crippen molar-refractivity contribution in [3.8, 4) is 0 Å². The molecule has 3 nitrogen and oxygen atoms in total. The van der Waals surface area contributed by atoms with Gasteiger partial charge in [0.15, 0.2) is 0 Å². The molecule has 15 heavy (non-hydrogen) atoms. The van der Waals surface area contributed by atoms with E-state index in [1.54, 1.807) is 7.11 Å². The van der Waals surface area contributed by atoms with Gasteiger partial charge in [0.2, 0.25) is 0 Å². The van der Waals surface area contributed by atoms with Gasteiger partial charge in [0.1, 0.15) is 11.5 Å². The second-order valence-corrected chi connectivity index (χ2v) is 4.36. The molecular weight excluding hydrogens is 190 g/mol. The van der Waals surface area contributed by atoms with Crippen LogP contribution in [-0.2, 0) is 11.2 Å². The van der Waals surface area contributed by atoms with Crippen LogP contribution >= 0.6 is 0 Å². The van der Waals surface area contributed by atoms with Crippen LogP contribution in [0.1, 0.15) is 24.4 Å². The number of methoxy groups -OCH3 is 1. The molecule has 84 valence electrons. The number of hydrogen-bond acceptors (Lipinski definition) is 3. The van der Waals surface area contributed by atoms with Crippen LogP contribution in [0.3, 0.4) is 0 Å². The number of aryl methyl sites for hydroxylation is 1. The number of hydrogen-bond donors (Lipinski definition) is 1. The summed E-state index contributed by atoms with van der Waals surface area (Å²) in [7, 11) is 1.79. The summed E-state index contributed by atoms with van der Waals surface area (Å²) < 4.78 is 11.3. The Morgan fingerprint density at radius 2 is 2.40 bits per heavy atom. The van der Waals surface area contributed by atoms with Crippen molar-refractivity contribution in [2.45, 2.75) is 31.8 Å². The predicted molar refractivity (Wildman–Crippen MR) is 59.0 cm³/mol. The molecule has 1 aromatic rings. The molecule has 1 atom stereocenters. The van der Waals surface area contributed by atoms with Gasteiger partial charge in [-0.2, -0.15) is 0 Å². The van der Waals surface area contributed by atoms with E-state index >= 15 is 0 Å². The number of furan rings is 1. The lowest BCUT2D eigenvalue weighted by Crippen LogP contribution is -2.48. The molecule has 2 rings (SSSR count). The zero-order chi connectivity index (χ0) is 10.7. The molecule has 1 aliphatic rings. The van der Waals surface area contributed by atoms with E-state index in [1.807, 2.05) is 19.1 Å². The lowest BCUT2D eigenvalue weighted by molar-refractivity contribution is -0.0312. The van der Waals surface area contributed by atoms with Crippen molar-refractivity contribution < 1.29 is 9.15 Å². The Kier molecular flexibility index (Phi) is 3.12. The first-order valence-electron chi connectivity index (χ1n) is 5.55. The van der Waals surface area contributed by atoms with Gasteiger partial charge in [0.05, 0.1) is 5.60 Å². The second kappa shape index (κ2) is 4.37. The summed E-state index contributed by atoms with van der Waals surface area (Å²) in [5, 5.41) is 3.39. The lowest BCUT2D eigenvalue weighted by atomic mass is 9.89. The quantitative estimate of drug-likeness (QED) is 0.825. The van der Waals surface area contributed by atoms with Gasteiger partial charge < -0.3 is 14.5 Å². The summed E-state index contributed by atoms with van der Waals surface area (Å²) in [6.45, 7) is 3.99. The Morgan fingerprint density at radius 3 is 2.93 bits per heavy atom. The molecule has 3 heteroatoms. The third-order valence-electron chi connectivity index (χ3n) is 3.16. The van der Waals surface area contributed by atoms with E-state index in [9.17, 15) is 0 Å². The van der Waals surface area contributed by atoms with E-state index in [0.717, 1.165) is 37.5 Å². The fourth-order valence-electron chi connectivity index (χ4n) is 2.24. The Balaban J connectivity index is 2.06. The van der Waals surface area contributed by atoms with Gasteiger partial charge in [-0.15, -0.1) is 0 Å². The number of piperidine rings is 1. The highest BCUT2D eigenvalue weighted by Gasteiger charge is 2.33. The first kappa shape index (κ1) is 10.7. The summed E-state index contributed by atoms with van der Waals surface area (Å²) in [4.78, 5) is 0. The van der Waals surface area contributed by atoms with E-state index in [4.69, 9.17) is 9.15 Å². The van der Waals surface area contributed by atoms with E-state index < -0.39 is 0 Å². The van der Waals surface area contributed by atoms with Crippen LogP contribution in [0.2, 0.25) is 0 Å². The average molecular weight is 209 g/mol. The highest BCUT2D eigenvalue weighted by molar-refractivity contribution is 5.09. The van der Waals surface area contributed by atoms with Gasteiger partial charge in [-0.1, -0.05) is 0 Å². The van der Waals surface area contributed by atoms with E-state index in [0.29, 0.717) is 0 Å². The minimum Gasteiger partial charge on any atom is -0.466 e. The van der Waals surface area contributed by atoms with E-state index in [-0.39, 0.29) is 5.60 Å². The molecule has 0 aliphatic carbocycles. The van der Waals surface area contributed by atoms with E-state index in [1.165, 1.54) is 6.42 Å². The Labute approximate surface area is 90.8 Å². The molecule has 1 unspecified atom stereocenters. The molecule has 1 aliphatic heterocycles. The Morgan fingerprint density at radius 1 is 1.53 bits per heavy atom. The maximum absolute atomic E-state index is 5.67. The van der Waals surface area contributed by atoms with Gasteiger partial charge in [0, 0.05) is 20.1 Å². The molecule has 2 heterocycles. The van der Waals surface area contributed by atoms with Crippen molar-refractivity contribution in [2.24, 2.45) is 0 Å². The molecule has 0 saturated carbocycles. The van der Waals surface area contributed by atoms with Crippen LogP contribution in [0.25, 0.3) is 0 Å². The van der Waals surface area contributed by atoms with Crippen molar-refractivity contribution in [3.05, 3.63) is 23.7 Å². The van der Waals surface area contributed by atoms with Gasteiger partial charge in [-0.25, -0.2) is 0 Å². The monoisotopic (exact) mass is 209 g/mol. The van der Waals surface area contributed by atoms with Gasteiger partial charge in [0.25, 0.3) is 0 Å². The minimum atomic E-state index is -0.0669. The summed E-state index contributed by atoms with van der Waals surface area (Å²) in [5.41, 5.74) is -0.0669. The van der Waals surface area contributed by atoms with Crippen LogP contribution < -0.4 is 5.32 Å². The Bertz CT molecular complexity index is 313. The average Bonchev–Trinajstić information content (AvgIpc) is 2.65. The zero-order valence-corrected chi connectivity index (χ0v) is 9.51. The standard InChI is InChI=1S/C12H19NO2/c1-10-4-5-11(15-10)8-12(14-2)6-3-7-13-9-12/h4-5,13H,3,6-9H2,1-2H3. The third kappa shape index (κ3) is 2.41. The highest BCUT2D eigenvalue weighted by Crippen LogP contribution is 2.25. The third-order valence-corrected chi connectivity index (χ3v) is 3.16. The van der Waals surface area contributed by atoms with Crippen LogP contribution in [0.5, 0.6) is 0 Å². The fourth-order valence-corrected chi connectivity index (χ4v) is 2.24. The largest absolute Gasteiger partial charge is 0.466 e. The van der Waals surface area contributed by atoms with Crippen molar-refractivity contribution in [1.82, 2.24) is 5.32 Å². The first-order chi connectivity index (χ1) is 7.24. The molecule has 1 N–H and O–H groups in total. The molecule has 1 saturated heterocycles. The predicted octanol–water partition coefficient (Wildman–Crippen LogP) is 1.90. The molecule has 1 fully saturated rings. The molecule has 0 amide bonds. The number of ether oxygens (including phenoxy) is 1. The van der Waals surface area contributed by atoms with Crippen molar-refractivity contribution in [1.29, 1.82) is 0 Å². The summed E-state index contributed by atoms with van der Waals surface area (Å²) >= 11 is 0. The van der Waals surface area contributed by atoms with E-state index in [2.05, 4.69) is 5.32 Å². The van der Waals surface area contributed by atoms with Gasteiger partial charge >= 0.3 is 0 Å². The van der Waals surface area contributed by atoms with Gasteiger partial charge in [-0.3, -0.25) is 0 Å². The molecule has 0 radical (unpaired) electrons. The molecule has 0 aromatic carbocycles. The number of rotatable bonds is 3. The molecule has 0 spiro atoms. The topological polar surface area (TPSA) is 34.4 Å². The van der Waals surface area contributed by atoms with Crippen LogP contribution in [0, 0.1) is 6.92 Å². The minimum absolute atomic E-state index is 0.0669. The second-order valence-electron chi connectivity index (χ2n) is 4.36. The molecule has 1 aromatic heterocycles. The lowest BCUT2D eigenvalue weighted by Gasteiger charge is -2.35. The van der Waals surface area contributed by atoms with Crippen molar-refractivity contribution >= 4 is 0 Å².